The molecule has 1 aromatic carbocycles. The molecular weight excluding hydrogens is 352 g/mol. The van der Waals surface area contributed by atoms with Gasteiger partial charge in [-0.3, -0.25) is 0 Å². The van der Waals surface area contributed by atoms with Crippen molar-refractivity contribution in [3.63, 3.8) is 0 Å². The molecule has 0 aliphatic rings. The Labute approximate surface area is 171 Å². The van der Waals surface area contributed by atoms with Crippen LogP contribution in [0.25, 0.3) is 0 Å². The van der Waals surface area contributed by atoms with Crippen molar-refractivity contribution in [2.24, 2.45) is 10.9 Å². The van der Waals surface area contributed by atoms with Crippen LogP contribution < -0.4 is 14.6 Å². The number of ether oxygens (including phenoxy) is 2. The fourth-order valence-electron chi connectivity index (χ4n) is 2.52. The topological polar surface area (TPSA) is 53.9 Å². The lowest BCUT2D eigenvalue weighted by Gasteiger charge is -2.24. The summed E-state index contributed by atoms with van der Waals surface area (Å²) in [6.45, 7) is 6.23. The Bertz CT molecular complexity index is 631. The van der Waals surface area contributed by atoms with Gasteiger partial charge in [-0.25, -0.2) is 0 Å². The molecule has 0 radical (unpaired) electrons. The summed E-state index contributed by atoms with van der Waals surface area (Å²) >= 11 is 0. The van der Waals surface area contributed by atoms with E-state index in [4.69, 9.17) is 9.47 Å². The van der Waals surface area contributed by atoms with Crippen LogP contribution in [0.1, 0.15) is 45.1 Å². The second-order valence-electron chi connectivity index (χ2n) is 8.48. The number of likely N-dealkylation sites (N-methyl/N-ethyl adjacent to an activating group) is 1. The van der Waals surface area contributed by atoms with Gasteiger partial charge in [-0.15, -0.1) is 0 Å². The first-order chi connectivity index (χ1) is 13.2. The SMILES string of the molecule is COc1cc(CN=C([O-])CCCC/C=C/C(C)C)ccc1OCC[N+](C)(C)C. The van der Waals surface area contributed by atoms with E-state index in [0.29, 0.717) is 31.2 Å². The maximum absolute atomic E-state index is 12.0. The van der Waals surface area contributed by atoms with Gasteiger partial charge in [0.15, 0.2) is 11.5 Å². The molecule has 0 fully saturated rings. The third-order valence-electron chi connectivity index (χ3n) is 4.22. The maximum Gasteiger partial charge on any atom is 0.161 e. The number of aliphatic imine (C=N–C) groups is 1. The zero-order valence-corrected chi connectivity index (χ0v) is 18.5. The molecular formula is C23H38N2O3. The van der Waals surface area contributed by atoms with Crippen molar-refractivity contribution in [1.29, 1.82) is 0 Å². The number of hydrogen-bond donors (Lipinski definition) is 0. The van der Waals surface area contributed by atoms with Crippen molar-refractivity contribution in [3.8, 4) is 11.5 Å². The third kappa shape index (κ3) is 11.0. The predicted octanol–water partition coefficient (Wildman–Crippen LogP) is 3.81. The number of allylic oxidation sites excluding steroid dienone is 2. The first-order valence-corrected chi connectivity index (χ1v) is 10.2. The highest BCUT2D eigenvalue weighted by atomic mass is 16.5. The molecule has 0 unspecified atom stereocenters. The van der Waals surface area contributed by atoms with Gasteiger partial charge in [0.25, 0.3) is 0 Å². The summed E-state index contributed by atoms with van der Waals surface area (Å²) in [5.41, 5.74) is 0.948. The minimum absolute atomic E-state index is 0.0323. The molecule has 28 heavy (non-hydrogen) atoms. The molecule has 0 heterocycles. The smallest absolute Gasteiger partial charge is 0.161 e. The van der Waals surface area contributed by atoms with Crippen LogP contribution in [0.2, 0.25) is 0 Å². The molecule has 0 amide bonds. The Hall–Kier alpha value is -2.01. The highest BCUT2D eigenvalue weighted by Crippen LogP contribution is 2.28. The Balaban J connectivity index is 2.47. The van der Waals surface area contributed by atoms with Crippen LogP contribution in [0.3, 0.4) is 0 Å². The van der Waals surface area contributed by atoms with Gasteiger partial charge in [-0.1, -0.05) is 32.1 Å². The largest absolute Gasteiger partial charge is 0.862 e. The number of methoxy groups -OCH3 is 1. The summed E-state index contributed by atoms with van der Waals surface area (Å²) in [5.74, 6) is 1.96. The predicted molar refractivity (Wildman–Crippen MR) is 115 cm³/mol. The van der Waals surface area contributed by atoms with E-state index in [1.807, 2.05) is 18.2 Å². The van der Waals surface area contributed by atoms with Crippen LogP contribution in [0.15, 0.2) is 35.3 Å². The van der Waals surface area contributed by atoms with E-state index in [-0.39, 0.29) is 5.90 Å². The quantitative estimate of drug-likeness (QED) is 0.169. The second-order valence-corrected chi connectivity index (χ2v) is 8.48. The Morgan fingerprint density at radius 3 is 2.57 bits per heavy atom. The molecule has 1 aromatic rings. The van der Waals surface area contributed by atoms with Crippen LogP contribution >= 0.6 is 0 Å². The van der Waals surface area contributed by atoms with E-state index in [0.717, 1.165) is 41.6 Å². The molecule has 0 saturated carbocycles. The third-order valence-corrected chi connectivity index (χ3v) is 4.22. The molecule has 0 aliphatic heterocycles. The summed E-state index contributed by atoms with van der Waals surface area (Å²) < 4.78 is 12.1. The van der Waals surface area contributed by atoms with Crippen LogP contribution in [-0.2, 0) is 6.54 Å². The molecule has 0 N–H and O–H groups in total. The highest BCUT2D eigenvalue weighted by molar-refractivity contribution is 5.71. The minimum Gasteiger partial charge on any atom is -0.862 e. The van der Waals surface area contributed by atoms with Crippen molar-refractivity contribution in [1.82, 2.24) is 0 Å². The number of nitrogens with zero attached hydrogens (tertiary/aromatic N) is 2. The zero-order valence-electron chi connectivity index (χ0n) is 18.5. The average molecular weight is 391 g/mol. The van der Waals surface area contributed by atoms with Gasteiger partial charge in [-0.05, 0) is 55.2 Å². The first kappa shape index (κ1) is 24.0. The van der Waals surface area contributed by atoms with Crippen molar-refractivity contribution < 1.29 is 19.1 Å². The van der Waals surface area contributed by atoms with E-state index >= 15 is 0 Å². The second kappa shape index (κ2) is 12.4. The van der Waals surface area contributed by atoms with Gasteiger partial charge in [0.1, 0.15) is 13.2 Å². The molecule has 0 aliphatic carbocycles. The van der Waals surface area contributed by atoms with Gasteiger partial charge in [-0.2, -0.15) is 0 Å². The number of benzene rings is 1. The van der Waals surface area contributed by atoms with Crippen LogP contribution in [-0.4, -0.2) is 51.8 Å². The van der Waals surface area contributed by atoms with Crippen LogP contribution in [0.5, 0.6) is 11.5 Å². The molecule has 0 bridgehead atoms. The molecule has 0 spiro atoms. The van der Waals surface area contributed by atoms with E-state index in [1.165, 1.54) is 0 Å². The molecule has 1 rings (SSSR count). The summed E-state index contributed by atoms with van der Waals surface area (Å²) in [7, 11) is 8.02. The van der Waals surface area contributed by atoms with Crippen molar-refractivity contribution in [2.45, 2.75) is 46.1 Å². The first-order valence-electron chi connectivity index (χ1n) is 10.2. The fraction of sp³-hybridized carbons (Fsp3) is 0.609. The lowest BCUT2D eigenvalue weighted by molar-refractivity contribution is -0.870. The molecule has 0 aromatic heterocycles. The lowest BCUT2D eigenvalue weighted by Crippen LogP contribution is -2.38. The number of rotatable bonds is 13. The van der Waals surface area contributed by atoms with E-state index in [1.54, 1.807) is 7.11 Å². The molecule has 158 valence electrons. The van der Waals surface area contributed by atoms with Gasteiger partial charge < -0.3 is 24.1 Å². The van der Waals surface area contributed by atoms with Gasteiger partial charge in [0, 0.05) is 0 Å². The highest BCUT2D eigenvalue weighted by Gasteiger charge is 2.10. The minimum atomic E-state index is -0.0323. The molecule has 5 nitrogen and oxygen atoms in total. The van der Waals surface area contributed by atoms with E-state index in [2.05, 4.69) is 52.1 Å². The Morgan fingerprint density at radius 2 is 1.93 bits per heavy atom. The fourth-order valence-corrected chi connectivity index (χ4v) is 2.52. The summed E-state index contributed by atoms with van der Waals surface area (Å²) in [6.07, 6.45) is 7.85. The Morgan fingerprint density at radius 1 is 1.18 bits per heavy atom. The number of quaternary nitrogens is 1. The van der Waals surface area contributed by atoms with E-state index < -0.39 is 0 Å². The summed E-state index contributed by atoms with van der Waals surface area (Å²) in [4.78, 5) is 4.18. The summed E-state index contributed by atoms with van der Waals surface area (Å²) in [5, 5.41) is 12.0. The van der Waals surface area contributed by atoms with Crippen molar-refractivity contribution in [2.75, 3.05) is 41.4 Å². The van der Waals surface area contributed by atoms with Gasteiger partial charge in [0.2, 0.25) is 0 Å². The molecule has 5 heteroatoms. The maximum atomic E-state index is 12.0. The standard InChI is InChI=1S/C23H38N2O3/c1-19(2)11-9-7-8-10-12-23(26)24-18-20-13-14-21(22(17-20)27-6)28-16-15-25(3,4)5/h9,11,13-14,17,19H,7-8,10,12,15-16,18H2,1-6H3/b11-9+. The van der Waals surface area contributed by atoms with Crippen molar-refractivity contribution >= 4 is 5.90 Å². The zero-order chi connectivity index (χ0) is 21.0. The van der Waals surface area contributed by atoms with E-state index in [9.17, 15) is 5.11 Å². The normalized spacial score (nSPS) is 12.8. The molecule has 0 atom stereocenters. The van der Waals surface area contributed by atoms with Crippen LogP contribution in [0, 0.1) is 5.92 Å². The van der Waals surface area contributed by atoms with Crippen molar-refractivity contribution in [3.05, 3.63) is 35.9 Å². The van der Waals surface area contributed by atoms with Gasteiger partial charge in [0.05, 0.1) is 34.8 Å². The monoisotopic (exact) mass is 390 g/mol. The summed E-state index contributed by atoms with van der Waals surface area (Å²) in [6, 6.07) is 5.73. The van der Waals surface area contributed by atoms with Crippen LogP contribution in [0.4, 0.5) is 0 Å². The lowest BCUT2D eigenvalue weighted by atomic mass is 10.1. The molecule has 0 saturated heterocycles. The number of unbranched alkanes of at least 4 members (excludes halogenated alkanes) is 2. The average Bonchev–Trinajstić information content (AvgIpc) is 2.62. The number of hydrogen-bond acceptors (Lipinski definition) is 4. The Kier molecular flexibility index (Phi) is 10.7. The van der Waals surface area contributed by atoms with Gasteiger partial charge >= 0.3 is 0 Å².